The molecule has 116 valence electrons. The van der Waals surface area contributed by atoms with Crippen molar-refractivity contribution in [2.75, 3.05) is 11.1 Å². The predicted molar refractivity (Wildman–Crippen MR) is 93.8 cm³/mol. The van der Waals surface area contributed by atoms with Gasteiger partial charge >= 0.3 is 0 Å². The molecule has 0 radical (unpaired) electrons. The van der Waals surface area contributed by atoms with E-state index in [1.165, 1.54) is 25.7 Å². The fraction of sp³-hybridized carbons (Fsp3) is 0.529. The van der Waals surface area contributed by atoms with Crippen LogP contribution in [0, 0.1) is 11.8 Å². The Hall–Kier alpha value is -1.00. The number of nitrogens with zero attached hydrogens (tertiary/aromatic N) is 2. The first-order chi connectivity index (χ1) is 10.7. The van der Waals surface area contributed by atoms with Crippen molar-refractivity contribution >= 4 is 40.1 Å². The number of thioether (sulfide) groups is 1. The number of hydrogen-bond donors (Lipinski definition) is 1. The molecule has 2 aliphatic carbocycles. The molecule has 2 bridgehead atoms. The van der Waals surface area contributed by atoms with Crippen LogP contribution in [0.25, 0.3) is 10.9 Å². The molecule has 0 spiro atoms. The first-order valence-electron chi connectivity index (χ1n) is 8.09. The van der Waals surface area contributed by atoms with E-state index >= 15 is 0 Å². The molecule has 1 aromatic heterocycles. The van der Waals surface area contributed by atoms with E-state index in [1.807, 2.05) is 18.2 Å². The average molecular weight is 334 g/mol. The van der Waals surface area contributed by atoms with E-state index in [0.29, 0.717) is 6.04 Å². The van der Waals surface area contributed by atoms with Crippen molar-refractivity contribution in [2.45, 2.75) is 43.8 Å². The van der Waals surface area contributed by atoms with E-state index in [9.17, 15) is 0 Å². The zero-order valence-corrected chi connectivity index (χ0v) is 14.3. The van der Waals surface area contributed by atoms with Crippen LogP contribution in [0.4, 0.5) is 5.82 Å². The highest BCUT2D eigenvalue weighted by molar-refractivity contribution is 7.99. The topological polar surface area (TPSA) is 37.8 Å². The van der Waals surface area contributed by atoms with Gasteiger partial charge in [-0.1, -0.05) is 36.7 Å². The molecule has 3 atom stereocenters. The van der Waals surface area contributed by atoms with E-state index in [2.05, 4.69) is 17.2 Å². The van der Waals surface area contributed by atoms with Gasteiger partial charge in [-0.05, 0) is 55.1 Å². The molecule has 3 nitrogen and oxygen atoms in total. The largest absolute Gasteiger partial charge is 0.366 e. The molecule has 0 amide bonds. The molecule has 1 N–H and O–H groups in total. The molecular formula is C17H20ClN3S. The van der Waals surface area contributed by atoms with E-state index in [1.54, 1.807) is 11.8 Å². The molecule has 2 aliphatic rings. The van der Waals surface area contributed by atoms with Crippen LogP contribution in [0.15, 0.2) is 23.4 Å². The first kappa shape index (κ1) is 14.6. The van der Waals surface area contributed by atoms with Crippen molar-refractivity contribution in [1.82, 2.24) is 9.97 Å². The van der Waals surface area contributed by atoms with Gasteiger partial charge in [0, 0.05) is 16.5 Å². The lowest BCUT2D eigenvalue weighted by Gasteiger charge is -2.24. The third kappa shape index (κ3) is 2.67. The molecular weight excluding hydrogens is 314 g/mol. The van der Waals surface area contributed by atoms with Crippen molar-refractivity contribution in [1.29, 1.82) is 0 Å². The first-order valence-corrected chi connectivity index (χ1v) is 9.46. The predicted octanol–water partition coefficient (Wildman–Crippen LogP) is 5.00. The highest BCUT2D eigenvalue weighted by Gasteiger charge is 2.39. The minimum atomic E-state index is 0.565. The van der Waals surface area contributed by atoms with Crippen LogP contribution in [0.5, 0.6) is 0 Å². The van der Waals surface area contributed by atoms with Gasteiger partial charge in [0.15, 0.2) is 5.16 Å². The Bertz CT molecular complexity index is 706. The number of halogens is 1. The second-order valence-corrected chi connectivity index (χ2v) is 8.04. The van der Waals surface area contributed by atoms with Crippen LogP contribution < -0.4 is 5.32 Å². The number of fused-ring (bicyclic) bond motifs is 3. The Labute approximate surface area is 140 Å². The van der Waals surface area contributed by atoms with Crippen LogP contribution in [-0.4, -0.2) is 21.8 Å². The molecule has 2 saturated carbocycles. The van der Waals surface area contributed by atoms with E-state index in [0.717, 1.165) is 44.5 Å². The van der Waals surface area contributed by atoms with Crippen LogP contribution in [0.2, 0.25) is 5.02 Å². The fourth-order valence-electron chi connectivity index (χ4n) is 3.98. The average Bonchev–Trinajstić information content (AvgIpc) is 3.11. The maximum atomic E-state index is 6.18. The van der Waals surface area contributed by atoms with E-state index in [-0.39, 0.29) is 0 Å². The lowest BCUT2D eigenvalue weighted by Crippen LogP contribution is -2.26. The summed E-state index contributed by atoms with van der Waals surface area (Å²) in [6.07, 6.45) is 5.45. The number of aromatic nitrogens is 2. The maximum absolute atomic E-state index is 6.18. The molecule has 2 fully saturated rings. The number of rotatable bonds is 4. The van der Waals surface area contributed by atoms with Crippen LogP contribution in [0.1, 0.15) is 32.6 Å². The van der Waals surface area contributed by atoms with Crippen LogP contribution in [0.3, 0.4) is 0 Å². The number of anilines is 1. The van der Waals surface area contributed by atoms with Gasteiger partial charge in [0.05, 0.1) is 5.52 Å². The van der Waals surface area contributed by atoms with Crippen molar-refractivity contribution in [3.63, 3.8) is 0 Å². The lowest BCUT2D eigenvalue weighted by molar-refractivity contribution is 0.439. The summed E-state index contributed by atoms with van der Waals surface area (Å²) in [6, 6.07) is 6.44. The monoisotopic (exact) mass is 333 g/mol. The number of hydrogen-bond acceptors (Lipinski definition) is 4. The van der Waals surface area contributed by atoms with Gasteiger partial charge in [0.1, 0.15) is 5.82 Å². The fourth-order valence-corrected chi connectivity index (χ4v) is 4.73. The second kappa shape index (κ2) is 5.89. The summed E-state index contributed by atoms with van der Waals surface area (Å²) in [4.78, 5) is 9.40. The Kier molecular flexibility index (Phi) is 3.91. The standard InChI is InChI=1S/C17H20ClN3S/c1-2-22-17-20-14-6-5-12(18)9-13(14)16(21-17)19-15-8-10-3-4-11(15)7-10/h5-6,9-11,15H,2-4,7-8H2,1H3,(H,19,20,21). The quantitative estimate of drug-likeness (QED) is 0.631. The molecule has 1 heterocycles. The Balaban J connectivity index is 1.72. The lowest BCUT2D eigenvalue weighted by atomic mass is 9.95. The molecule has 4 rings (SSSR count). The molecule has 22 heavy (non-hydrogen) atoms. The summed E-state index contributed by atoms with van der Waals surface area (Å²) >= 11 is 7.87. The molecule has 1 aromatic carbocycles. The minimum Gasteiger partial charge on any atom is -0.366 e. The zero-order chi connectivity index (χ0) is 15.1. The second-order valence-electron chi connectivity index (χ2n) is 6.37. The minimum absolute atomic E-state index is 0.565. The highest BCUT2D eigenvalue weighted by atomic mass is 35.5. The van der Waals surface area contributed by atoms with Gasteiger partial charge in [0.25, 0.3) is 0 Å². The molecule has 2 aromatic rings. The number of nitrogens with one attached hydrogen (secondary N) is 1. The van der Waals surface area contributed by atoms with Crippen LogP contribution >= 0.6 is 23.4 Å². The van der Waals surface area contributed by atoms with E-state index < -0.39 is 0 Å². The Morgan fingerprint density at radius 1 is 1.27 bits per heavy atom. The Morgan fingerprint density at radius 3 is 2.91 bits per heavy atom. The van der Waals surface area contributed by atoms with Crippen molar-refractivity contribution in [2.24, 2.45) is 11.8 Å². The van der Waals surface area contributed by atoms with Gasteiger partial charge in [-0.3, -0.25) is 0 Å². The molecule has 5 heteroatoms. The third-order valence-electron chi connectivity index (χ3n) is 4.97. The normalized spacial score (nSPS) is 26.7. The third-order valence-corrected chi connectivity index (χ3v) is 5.94. The van der Waals surface area contributed by atoms with Gasteiger partial charge in [-0.25, -0.2) is 9.97 Å². The van der Waals surface area contributed by atoms with Gasteiger partial charge in [-0.15, -0.1) is 0 Å². The summed E-state index contributed by atoms with van der Waals surface area (Å²) in [5.74, 6) is 3.67. The van der Waals surface area contributed by atoms with Crippen molar-refractivity contribution < 1.29 is 0 Å². The smallest absolute Gasteiger partial charge is 0.190 e. The summed E-state index contributed by atoms with van der Waals surface area (Å²) in [5.41, 5.74) is 0.973. The maximum Gasteiger partial charge on any atom is 0.190 e. The van der Waals surface area contributed by atoms with E-state index in [4.69, 9.17) is 16.6 Å². The summed E-state index contributed by atoms with van der Waals surface area (Å²) in [5, 5.41) is 6.34. The summed E-state index contributed by atoms with van der Waals surface area (Å²) < 4.78 is 0. The zero-order valence-electron chi connectivity index (χ0n) is 12.7. The molecule has 0 saturated heterocycles. The summed E-state index contributed by atoms with van der Waals surface area (Å²) in [6.45, 7) is 2.13. The Morgan fingerprint density at radius 2 is 2.18 bits per heavy atom. The van der Waals surface area contributed by atoms with Gasteiger partial charge in [-0.2, -0.15) is 0 Å². The molecule has 3 unspecified atom stereocenters. The van der Waals surface area contributed by atoms with Crippen molar-refractivity contribution in [3.8, 4) is 0 Å². The summed E-state index contributed by atoms with van der Waals surface area (Å²) in [7, 11) is 0. The van der Waals surface area contributed by atoms with Gasteiger partial charge < -0.3 is 5.32 Å². The SMILES string of the molecule is CCSc1nc(NC2CC3CCC2C3)c2cc(Cl)ccc2n1. The van der Waals surface area contributed by atoms with Crippen LogP contribution in [-0.2, 0) is 0 Å². The van der Waals surface area contributed by atoms with Gasteiger partial charge in [0.2, 0.25) is 0 Å². The van der Waals surface area contributed by atoms with Crippen molar-refractivity contribution in [3.05, 3.63) is 23.2 Å². The number of benzene rings is 1. The highest BCUT2D eigenvalue weighted by Crippen LogP contribution is 2.45. The molecule has 0 aliphatic heterocycles.